The minimum atomic E-state index is -0.227. The van der Waals surface area contributed by atoms with Crippen molar-refractivity contribution >= 4 is 28.6 Å². The van der Waals surface area contributed by atoms with Crippen LogP contribution in [0.25, 0.3) is 0 Å². The first-order valence-corrected chi connectivity index (χ1v) is 5.95. The maximum absolute atomic E-state index is 13.2. The summed E-state index contributed by atoms with van der Waals surface area (Å²) in [6, 6.07) is 4.70. The molecule has 3 nitrogen and oxygen atoms in total. The van der Waals surface area contributed by atoms with E-state index in [4.69, 9.17) is 17.0 Å². The molecule has 17 heavy (non-hydrogen) atoms. The van der Waals surface area contributed by atoms with E-state index in [0.29, 0.717) is 13.2 Å². The average molecular weight is 254 g/mol. The zero-order valence-corrected chi connectivity index (χ0v) is 10.5. The van der Waals surface area contributed by atoms with Crippen LogP contribution >= 0.6 is 12.2 Å². The predicted molar refractivity (Wildman–Crippen MR) is 71.3 cm³/mol. The lowest BCUT2D eigenvalue weighted by atomic mass is 10.2. The third-order valence-electron chi connectivity index (χ3n) is 2.69. The highest BCUT2D eigenvalue weighted by atomic mass is 32.1. The van der Waals surface area contributed by atoms with Gasteiger partial charge in [0.1, 0.15) is 5.82 Å². The van der Waals surface area contributed by atoms with Gasteiger partial charge in [0.15, 0.2) is 0 Å². The zero-order valence-electron chi connectivity index (χ0n) is 9.70. The monoisotopic (exact) mass is 254 g/mol. The van der Waals surface area contributed by atoms with Gasteiger partial charge in [-0.25, -0.2) is 4.39 Å². The molecule has 1 aromatic carbocycles. The minimum Gasteiger partial charge on any atom is -0.385 e. The Morgan fingerprint density at radius 3 is 3.12 bits per heavy atom. The van der Waals surface area contributed by atoms with Gasteiger partial charge < -0.3 is 15.0 Å². The van der Waals surface area contributed by atoms with E-state index in [0.717, 1.165) is 29.3 Å². The molecule has 92 valence electrons. The van der Waals surface area contributed by atoms with E-state index in [1.165, 1.54) is 12.1 Å². The van der Waals surface area contributed by atoms with Crippen molar-refractivity contribution in [1.82, 2.24) is 0 Å². The third-order valence-corrected chi connectivity index (χ3v) is 2.92. The lowest BCUT2D eigenvalue weighted by Gasteiger charge is -2.32. The van der Waals surface area contributed by atoms with Crippen LogP contribution in [0.15, 0.2) is 18.2 Å². The number of ether oxygens (including phenoxy) is 1. The Labute approximate surface area is 106 Å². The summed E-state index contributed by atoms with van der Waals surface area (Å²) < 4.78 is 18.3. The lowest BCUT2D eigenvalue weighted by molar-refractivity contribution is 0.196. The summed E-state index contributed by atoms with van der Waals surface area (Å²) in [6.45, 7) is 2.14. The van der Waals surface area contributed by atoms with Crippen molar-refractivity contribution in [2.75, 3.05) is 37.0 Å². The van der Waals surface area contributed by atoms with Crippen molar-refractivity contribution in [1.29, 1.82) is 0 Å². The van der Waals surface area contributed by atoms with E-state index in [2.05, 4.69) is 10.2 Å². The maximum atomic E-state index is 13.2. The molecule has 0 saturated heterocycles. The molecule has 5 heteroatoms. The fraction of sp³-hybridized carbons (Fsp3) is 0.417. The largest absolute Gasteiger partial charge is 0.385 e. The Hall–Kier alpha value is -1.20. The van der Waals surface area contributed by atoms with Crippen LogP contribution in [-0.4, -0.2) is 31.8 Å². The summed E-state index contributed by atoms with van der Waals surface area (Å²) in [6.07, 6.45) is 0.898. The quantitative estimate of drug-likeness (QED) is 0.659. The average Bonchev–Trinajstić information content (AvgIpc) is 2.30. The minimum absolute atomic E-state index is 0.227. The number of nitrogens with one attached hydrogen (secondary N) is 1. The summed E-state index contributed by atoms with van der Waals surface area (Å²) >= 11 is 5.19. The molecule has 1 N–H and O–H groups in total. The third kappa shape index (κ3) is 2.92. The molecule has 0 radical (unpaired) electrons. The Bertz CT molecular complexity index is 425. The van der Waals surface area contributed by atoms with E-state index >= 15 is 0 Å². The Balaban J connectivity index is 2.17. The summed E-state index contributed by atoms with van der Waals surface area (Å²) in [5, 5.41) is 3.10. The van der Waals surface area contributed by atoms with Crippen LogP contribution in [0, 0.1) is 5.82 Å². The summed E-state index contributed by atoms with van der Waals surface area (Å²) in [5.74, 6) is -0.227. The fourth-order valence-electron chi connectivity index (χ4n) is 1.92. The second-order valence-corrected chi connectivity index (χ2v) is 4.47. The van der Waals surface area contributed by atoms with Gasteiger partial charge in [0.2, 0.25) is 0 Å². The van der Waals surface area contributed by atoms with Crippen molar-refractivity contribution in [2.45, 2.75) is 6.42 Å². The van der Waals surface area contributed by atoms with Gasteiger partial charge in [-0.3, -0.25) is 0 Å². The predicted octanol–water partition coefficient (Wildman–Crippen LogP) is 2.42. The molecule has 0 spiro atoms. The standard InChI is InChI=1S/C12H15FN2OS/c1-16-6-2-5-15-8-12(17)14-10-4-3-9(13)7-11(10)15/h3-4,7H,2,5-6,8H2,1H3,(H,14,17). The fourth-order valence-corrected chi connectivity index (χ4v) is 2.19. The van der Waals surface area contributed by atoms with E-state index in [-0.39, 0.29) is 5.82 Å². The van der Waals surface area contributed by atoms with Crippen LogP contribution < -0.4 is 10.2 Å². The molecule has 0 amide bonds. The molecule has 0 bridgehead atoms. The molecule has 0 saturated carbocycles. The Morgan fingerprint density at radius 2 is 2.35 bits per heavy atom. The second kappa shape index (κ2) is 5.42. The van der Waals surface area contributed by atoms with Crippen LogP contribution in [0.4, 0.5) is 15.8 Å². The molecule has 0 fully saturated rings. The van der Waals surface area contributed by atoms with Gasteiger partial charge in [-0.1, -0.05) is 12.2 Å². The molecule has 0 aromatic heterocycles. The number of benzene rings is 1. The van der Waals surface area contributed by atoms with Crippen LogP contribution in [0.1, 0.15) is 6.42 Å². The molecule has 1 heterocycles. The van der Waals surface area contributed by atoms with Gasteiger partial charge >= 0.3 is 0 Å². The molecule has 2 rings (SSSR count). The van der Waals surface area contributed by atoms with E-state index in [9.17, 15) is 4.39 Å². The van der Waals surface area contributed by atoms with Crippen LogP contribution in [0.2, 0.25) is 0 Å². The molecular formula is C12H15FN2OS. The highest BCUT2D eigenvalue weighted by Gasteiger charge is 2.19. The molecule has 1 aliphatic heterocycles. The summed E-state index contributed by atoms with van der Waals surface area (Å²) in [7, 11) is 1.68. The van der Waals surface area contributed by atoms with E-state index < -0.39 is 0 Å². The molecule has 1 aliphatic rings. The van der Waals surface area contributed by atoms with Crippen molar-refractivity contribution in [2.24, 2.45) is 0 Å². The number of fused-ring (bicyclic) bond motifs is 1. The van der Waals surface area contributed by atoms with Crippen LogP contribution in [-0.2, 0) is 4.74 Å². The molecule has 1 aromatic rings. The first-order valence-electron chi connectivity index (χ1n) is 5.54. The van der Waals surface area contributed by atoms with Crippen molar-refractivity contribution < 1.29 is 9.13 Å². The van der Waals surface area contributed by atoms with Crippen LogP contribution in [0.3, 0.4) is 0 Å². The number of nitrogens with zero attached hydrogens (tertiary/aromatic N) is 1. The molecule has 0 atom stereocenters. The van der Waals surface area contributed by atoms with E-state index in [1.807, 2.05) is 0 Å². The zero-order chi connectivity index (χ0) is 12.3. The number of anilines is 2. The van der Waals surface area contributed by atoms with Crippen molar-refractivity contribution in [3.05, 3.63) is 24.0 Å². The smallest absolute Gasteiger partial charge is 0.125 e. The number of rotatable bonds is 4. The van der Waals surface area contributed by atoms with Crippen molar-refractivity contribution in [3.8, 4) is 0 Å². The second-order valence-electron chi connectivity index (χ2n) is 3.98. The van der Waals surface area contributed by atoms with Gasteiger partial charge in [-0.15, -0.1) is 0 Å². The number of methoxy groups -OCH3 is 1. The highest BCUT2D eigenvalue weighted by molar-refractivity contribution is 7.80. The highest BCUT2D eigenvalue weighted by Crippen LogP contribution is 2.30. The summed E-state index contributed by atoms with van der Waals surface area (Å²) in [5.41, 5.74) is 1.75. The number of halogens is 1. The van der Waals surface area contributed by atoms with Crippen LogP contribution in [0.5, 0.6) is 0 Å². The maximum Gasteiger partial charge on any atom is 0.125 e. The van der Waals surface area contributed by atoms with Gasteiger partial charge in [0.05, 0.1) is 22.9 Å². The van der Waals surface area contributed by atoms with Gasteiger partial charge in [0.25, 0.3) is 0 Å². The van der Waals surface area contributed by atoms with E-state index in [1.54, 1.807) is 13.2 Å². The lowest BCUT2D eigenvalue weighted by Crippen LogP contribution is -2.38. The van der Waals surface area contributed by atoms with Gasteiger partial charge in [0, 0.05) is 20.3 Å². The number of hydrogen-bond donors (Lipinski definition) is 1. The molecule has 0 aliphatic carbocycles. The topological polar surface area (TPSA) is 24.5 Å². The Kier molecular flexibility index (Phi) is 3.91. The Morgan fingerprint density at radius 1 is 1.53 bits per heavy atom. The molecular weight excluding hydrogens is 239 g/mol. The number of hydrogen-bond acceptors (Lipinski definition) is 3. The van der Waals surface area contributed by atoms with Crippen molar-refractivity contribution in [3.63, 3.8) is 0 Å². The normalized spacial score (nSPS) is 14.5. The number of thiocarbonyl (C=S) groups is 1. The first-order chi connectivity index (χ1) is 8.20. The summed E-state index contributed by atoms with van der Waals surface area (Å²) in [4.78, 5) is 2.84. The molecule has 0 unspecified atom stereocenters. The first kappa shape index (κ1) is 12.3. The van der Waals surface area contributed by atoms with Gasteiger partial charge in [-0.05, 0) is 24.6 Å². The SMILES string of the molecule is COCCCN1CC(=S)Nc2ccc(F)cc21. The van der Waals surface area contributed by atoms with Gasteiger partial charge in [-0.2, -0.15) is 0 Å².